The molecule has 0 aliphatic carbocycles. The molecule has 6 heteroatoms. The summed E-state index contributed by atoms with van der Waals surface area (Å²) in [5.74, 6) is 1.25. The van der Waals surface area contributed by atoms with Crippen molar-refractivity contribution in [3.8, 4) is 17.0 Å². The zero-order valence-electron chi connectivity index (χ0n) is 16.3. The molecule has 1 fully saturated rings. The summed E-state index contributed by atoms with van der Waals surface area (Å²) in [6.45, 7) is 1.53. The molecule has 4 rings (SSSR count). The van der Waals surface area contributed by atoms with Crippen molar-refractivity contribution in [1.82, 2.24) is 9.88 Å². The molecular weight excluding hydrogens is 404 g/mol. The lowest BCUT2D eigenvalue weighted by Gasteiger charge is -2.32. The number of para-hydroxylation sites is 1. The van der Waals surface area contributed by atoms with Gasteiger partial charge in [-0.25, -0.2) is 4.98 Å². The fraction of sp³-hybridized carbons (Fsp3) is 0.304. The van der Waals surface area contributed by atoms with Gasteiger partial charge in [0.1, 0.15) is 5.75 Å². The number of rotatable bonds is 5. The van der Waals surface area contributed by atoms with Crippen molar-refractivity contribution >= 4 is 28.8 Å². The Kier molecular flexibility index (Phi) is 6.16. The van der Waals surface area contributed by atoms with Gasteiger partial charge in [-0.3, -0.25) is 4.79 Å². The third-order valence-electron chi connectivity index (χ3n) is 5.27. The van der Waals surface area contributed by atoms with Gasteiger partial charge in [-0.05, 0) is 42.7 Å². The molecular formula is C23H23ClN2O2S. The van der Waals surface area contributed by atoms with Crippen molar-refractivity contribution in [3.05, 3.63) is 69.5 Å². The molecule has 0 bridgehead atoms. The van der Waals surface area contributed by atoms with Crippen molar-refractivity contribution < 1.29 is 9.53 Å². The first-order valence-electron chi connectivity index (χ1n) is 9.75. The molecule has 1 unspecified atom stereocenters. The minimum Gasteiger partial charge on any atom is -0.496 e. The average Bonchev–Trinajstić information content (AvgIpc) is 3.24. The standard InChI is InChI=1S/C23H23ClN2O2S/c1-28-21-10-3-2-9-19(21)20-15-29-23(25-20)17-7-5-11-26(14-17)22(27)13-16-6-4-8-18(24)12-16/h2-4,6,8-10,12,15,17H,5,7,11,13-14H2,1H3. The van der Waals surface area contributed by atoms with E-state index in [2.05, 4.69) is 5.38 Å². The van der Waals surface area contributed by atoms with E-state index in [0.29, 0.717) is 11.4 Å². The van der Waals surface area contributed by atoms with Gasteiger partial charge in [-0.15, -0.1) is 11.3 Å². The Hall–Kier alpha value is -2.37. The van der Waals surface area contributed by atoms with Gasteiger partial charge < -0.3 is 9.64 Å². The molecule has 150 valence electrons. The number of thiazole rings is 1. The van der Waals surface area contributed by atoms with Crippen LogP contribution in [0.2, 0.25) is 5.02 Å². The van der Waals surface area contributed by atoms with Crippen LogP contribution in [0, 0.1) is 0 Å². The second-order valence-electron chi connectivity index (χ2n) is 7.26. The summed E-state index contributed by atoms with van der Waals surface area (Å²) in [5, 5.41) is 3.84. The third-order valence-corrected chi connectivity index (χ3v) is 6.51. The normalized spacial score (nSPS) is 16.6. The average molecular weight is 427 g/mol. The Labute approximate surface area is 180 Å². The predicted octanol–water partition coefficient (Wildman–Crippen LogP) is 5.42. The van der Waals surface area contributed by atoms with E-state index < -0.39 is 0 Å². The number of amides is 1. The Morgan fingerprint density at radius 1 is 1.28 bits per heavy atom. The molecule has 1 aromatic heterocycles. The SMILES string of the molecule is COc1ccccc1-c1csc(C2CCCN(C(=O)Cc3cccc(Cl)c3)C2)n1. The fourth-order valence-corrected chi connectivity index (χ4v) is 4.95. The number of likely N-dealkylation sites (tertiary alicyclic amines) is 1. The Balaban J connectivity index is 1.46. The third kappa shape index (κ3) is 4.62. The summed E-state index contributed by atoms with van der Waals surface area (Å²) < 4.78 is 5.47. The van der Waals surface area contributed by atoms with Crippen molar-refractivity contribution in [3.63, 3.8) is 0 Å². The lowest BCUT2D eigenvalue weighted by Crippen LogP contribution is -2.39. The lowest BCUT2D eigenvalue weighted by atomic mass is 9.98. The van der Waals surface area contributed by atoms with Crippen molar-refractivity contribution in [1.29, 1.82) is 0 Å². The first-order valence-corrected chi connectivity index (χ1v) is 11.0. The Bertz CT molecular complexity index is 1000. The summed E-state index contributed by atoms with van der Waals surface area (Å²) in [7, 11) is 1.68. The minimum atomic E-state index is 0.151. The molecule has 4 nitrogen and oxygen atoms in total. The summed E-state index contributed by atoms with van der Waals surface area (Å²) in [6.07, 6.45) is 2.44. The fourth-order valence-electron chi connectivity index (χ4n) is 3.79. The highest BCUT2D eigenvalue weighted by molar-refractivity contribution is 7.10. The molecule has 1 aliphatic rings. The van der Waals surface area contributed by atoms with Gasteiger partial charge in [0.2, 0.25) is 5.91 Å². The van der Waals surface area contributed by atoms with E-state index in [1.165, 1.54) is 0 Å². The van der Waals surface area contributed by atoms with Crippen LogP contribution in [0.4, 0.5) is 0 Å². The summed E-state index contributed by atoms with van der Waals surface area (Å²) in [4.78, 5) is 19.7. The smallest absolute Gasteiger partial charge is 0.227 e. The summed E-state index contributed by atoms with van der Waals surface area (Å²) in [6, 6.07) is 15.5. The molecule has 29 heavy (non-hydrogen) atoms. The molecule has 2 heterocycles. The van der Waals surface area contributed by atoms with Gasteiger partial charge in [0.05, 0.1) is 24.2 Å². The number of hydrogen-bond donors (Lipinski definition) is 0. The zero-order chi connectivity index (χ0) is 20.2. The van der Waals surface area contributed by atoms with E-state index in [4.69, 9.17) is 21.3 Å². The first-order chi connectivity index (χ1) is 14.1. The highest BCUT2D eigenvalue weighted by Gasteiger charge is 2.27. The largest absolute Gasteiger partial charge is 0.496 e. The first kappa shape index (κ1) is 19.9. The topological polar surface area (TPSA) is 42.4 Å². The van der Waals surface area contributed by atoms with Gasteiger partial charge in [0.15, 0.2) is 0 Å². The lowest BCUT2D eigenvalue weighted by molar-refractivity contribution is -0.131. The van der Waals surface area contributed by atoms with E-state index >= 15 is 0 Å². The number of piperidine rings is 1. The van der Waals surface area contributed by atoms with Crippen LogP contribution in [0.3, 0.4) is 0 Å². The van der Waals surface area contributed by atoms with Crippen LogP contribution in [0.15, 0.2) is 53.9 Å². The quantitative estimate of drug-likeness (QED) is 0.547. The number of benzene rings is 2. The van der Waals surface area contributed by atoms with Crippen LogP contribution in [0.5, 0.6) is 5.75 Å². The highest BCUT2D eigenvalue weighted by atomic mass is 35.5. The van der Waals surface area contributed by atoms with Crippen molar-refractivity contribution in [2.75, 3.05) is 20.2 Å². The van der Waals surface area contributed by atoms with Gasteiger partial charge in [0, 0.05) is 35.0 Å². The zero-order valence-corrected chi connectivity index (χ0v) is 17.9. The molecule has 1 saturated heterocycles. The maximum absolute atomic E-state index is 12.8. The molecule has 0 spiro atoms. The molecule has 1 aliphatic heterocycles. The van der Waals surface area contributed by atoms with Gasteiger partial charge in [-0.1, -0.05) is 35.9 Å². The van der Waals surface area contributed by atoms with E-state index in [0.717, 1.165) is 53.5 Å². The number of nitrogens with zero attached hydrogens (tertiary/aromatic N) is 2. The van der Waals surface area contributed by atoms with Gasteiger partial charge in [0.25, 0.3) is 0 Å². The van der Waals surface area contributed by atoms with Gasteiger partial charge in [-0.2, -0.15) is 0 Å². The molecule has 0 saturated carbocycles. The van der Waals surface area contributed by atoms with Gasteiger partial charge >= 0.3 is 0 Å². The number of methoxy groups -OCH3 is 1. The molecule has 0 N–H and O–H groups in total. The van der Waals surface area contributed by atoms with E-state index in [9.17, 15) is 4.79 Å². The summed E-state index contributed by atoms with van der Waals surface area (Å²) in [5.41, 5.74) is 2.89. The number of aromatic nitrogens is 1. The second kappa shape index (κ2) is 8.97. The van der Waals surface area contributed by atoms with Crippen LogP contribution in [0.1, 0.15) is 29.3 Å². The van der Waals surface area contributed by atoms with Crippen LogP contribution in [-0.4, -0.2) is 36.0 Å². The van der Waals surface area contributed by atoms with Crippen molar-refractivity contribution in [2.24, 2.45) is 0 Å². The second-order valence-corrected chi connectivity index (χ2v) is 8.58. The van der Waals surface area contributed by atoms with Crippen molar-refractivity contribution in [2.45, 2.75) is 25.2 Å². The molecule has 1 atom stereocenters. The van der Waals surface area contributed by atoms with E-state index in [1.807, 2.05) is 53.4 Å². The van der Waals surface area contributed by atoms with E-state index in [1.54, 1.807) is 18.4 Å². The van der Waals surface area contributed by atoms with Crippen LogP contribution < -0.4 is 4.74 Å². The van der Waals surface area contributed by atoms with Crippen LogP contribution in [-0.2, 0) is 11.2 Å². The Morgan fingerprint density at radius 3 is 2.97 bits per heavy atom. The minimum absolute atomic E-state index is 0.151. The van der Waals surface area contributed by atoms with E-state index in [-0.39, 0.29) is 11.8 Å². The highest BCUT2D eigenvalue weighted by Crippen LogP contribution is 2.35. The van der Waals surface area contributed by atoms with Crippen LogP contribution >= 0.6 is 22.9 Å². The molecule has 2 aromatic carbocycles. The molecule has 0 radical (unpaired) electrons. The number of ether oxygens (including phenoxy) is 1. The number of carbonyl (C=O) groups excluding carboxylic acids is 1. The number of halogens is 1. The predicted molar refractivity (Wildman–Crippen MR) is 118 cm³/mol. The maximum atomic E-state index is 12.8. The Morgan fingerprint density at radius 2 is 2.14 bits per heavy atom. The molecule has 1 amide bonds. The van der Waals surface area contributed by atoms with Crippen LogP contribution in [0.25, 0.3) is 11.3 Å². The summed E-state index contributed by atoms with van der Waals surface area (Å²) >= 11 is 7.72. The molecule has 3 aromatic rings. The monoisotopic (exact) mass is 426 g/mol. The number of carbonyl (C=O) groups is 1. The maximum Gasteiger partial charge on any atom is 0.227 e. The number of hydrogen-bond acceptors (Lipinski definition) is 4.